The van der Waals surface area contributed by atoms with Gasteiger partial charge in [-0.2, -0.15) is 0 Å². The molecule has 110 valence electrons. The summed E-state index contributed by atoms with van der Waals surface area (Å²) < 4.78 is 0. The van der Waals surface area contributed by atoms with Crippen molar-refractivity contribution in [3.63, 3.8) is 0 Å². The Morgan fingerprint density at radius 3 is 2.85 bits per heavy atom. The molecule has 0 aromatic carbocycles. The Kier molecular flexibility index (Phi) is 4.81. The summed E-state index contributed by atoms with van der Waals surface area (Å²) in [5, 5.41) is 8.89. The van der Waals surface area contributed by atoms with E-state index in [0.29, 0.717) is 12.5 Å². The summed E-state index contributed by atoms with van der Waals surface area (Å²) in [5.41, 5.74) is 0. The van der Waals surface area contributed by atoms with Crippen molar-refractivity contribution in [2.24, 2.45) is 11.8 Å². The number of hydrogen-bond donors (Lipinski definition) is 1. The van der Waals surface area contributed by atoms with E-state index in [4.69, 9.17) is 5.11 Å². The standard InChI is InChI=1S/C15H21NO3S/c1-10(8-14(17)18)12-4-3-7-16(9-12)15(19)13-6-5-11(2)20-13/h5-6,10,12H,3-4,7-9H2,1-2H3,(H,17,18). The fraction of sp³-hybridized carbons (Fsp3) is 0.600. The molecule has 1 fully saturated rings. The first kappa shape index (κ1) is 15.0. The summed E-state index contributed by atoms with van der Waals surface area (Å²) in [5.74, 6) is -0.247. The topological polar surface area (TPSA) is 57.6 Å². The molecule has 2 atom stereocenters. The Labute approximate surface area is 123 Å². The summed E-state index contributed by atoms with van der Waals surface area (Å²) in [7, 11) is 0. The second kappa shape index (κ2) is 6.39. The molecule has 2 unspecified atom stereocenters. The zero-order valence-corrected chi connectivity index (χ0v) is 12.8. The minimum atomic E-state index is -0.755. The number of thiophene rings is 1. The number of piperidine rings is 1. The molecule has 0 saturated carbocycles. The van der Waals surface area contributed by atoms with E-state index in [1.165, 1.54) is 11.3 Å². The number of carbonyl (C=O) groups excluding carboxylic acids is 1. The van der Waals surface area contributed by atoms with Crippen molar-refractivity contribution in [2.45, 2.75) is 33.1 Å². The van der Waals surface area contributed by atoms with Crippen LogP contribution in [0.4, 0.5) is 0 Å². The van der Waals surface area contributed by atoms with E-state index < -0.39 is 5.97 Å². The van der Waals surface area contributed by atoms with Crippen LogP contribution >= 0.6 is 11.3 Å². The Bertz CT molecular complexity index is 497. The number of aryl methyl sites for hydroxylation is 1. The molecule has 1 N–H and O–H groups in total. The van der Waals surface area contributed by atoms with Crippen molar-refractivity contribution >= 4 is 23.2 Å². The molecule has 0 aliphatic carbocycles. The molecular formula is C15H21NO3S. The average Bonchev–Trinajstić information content (AvgIpc) is 2.84. The number of amides is 1. The zero-order chi connectivity index (χ0) is 14.7. The van der Waals surface area contributed by atoms with Crippen molar-refractivity contribution in [1.29, 1.82) is 0 Å². The number of carbonyl (C=O) groups is 2. The van der Waals surface area contributed by atoms with E-state index in [-0.39, 0.29) is 18.2 Å². The van der Waals surface area contributed by atoms with Crippen molar-refractivity contribution in [1.82, 2.24) is 4.90 Å². The molecule has 5 heteroatoms. The number of aliphatic carboxylic acids is 1. The Balaban J connectivity index is 1.99. The van der Waals surface area contributed by atoms with Crippen molar-refractivity contribution in [3.05, 3.63) is 21.9 Å². The quantitative estimate of drug-likeness (QED) is 0.929. The van der Waals surface area contributed by atoms with Gasteiger partial charge in [-0.15, -0.1) is 11.3 Å². The number of rotatable bonds is 4. The lowest BCUT2D eigenvalue weighted by Crippen LogP contribution is -2.41. The number of carboxylic acid groups (broad SMARTS) is 1. The van der Waals surface area contributed by atoms with Crippen LogP contribution < -0.4 is 0 Å². The molecule has 1 saturated heterocycles. The van der Waals surface area contributed by atoms with Crippen LogP contribution in [0.3, 0.4) is 0 Å². The number of carboxylic acids is 1. The third-order valence-electron chi connectivity index (χ3n) is 4.00. The lowest BCUT2D eigenvalue weighted by molar-refractivity contribution is -0.138. The molecular weight excluding hydrogens is 274 g/mol. The van der Waals surface area contributed by atoms with Gasteiger partial charge in [0.25, 0.3) is 5.91 Å². The summed E-state index contributed by atoms with van der Waals surface area (Å²) in [4.78, 5) is 27.0. The maximum Gasteiger partial charge on any atom is 0.303 e. The molecule has 1 aliphatic rings. The van der Waals surface area contributed by atoms with Crippen molar-refractivity contribution in [2.75, 3.05) is 13.1 Å². The number of likely N-dealkylation sites (tertiary alicyclic amines) is 1. The first-order valence-corrected chi connectivity index (χ1v) is 7.86. The van der Waals surface area contributed by atoms with Gasteiger partial charge in [0.1, 0.15) is 0 Å². The van der Waals surface area contributed by atoms with Gasteiger partial charge in [-0.3, -0.25) is 9.59 Å². The molecule has 1 aliphatic heterocycles. The van der Waals surface area contributed by atoms with E-state index >= 15 is 0 Å². The Morgan fingerprint density at radius 2 is 2.25 bits per heavy atom. The average molecular weight is 295 g/mol. The van der Waals surface area contributed by atoms with Gasteiger partial charge >= 0.3 is 5.97 Å². The summed E-state index contributed by atoms with van der Waals surface area (Å²) >= 11 is 1.52. The predicted octanol–water partition coefficient (Wildman–Crippen LogP) is 3.02. The molecule has 0 spiro atoms. The predicted molar refractivity (Wildman–Crippen MR) is 79.1 cm³/mol. The summed E-state index contributed by atoms with van der Waals surface area (Å²) in [6.07, 6.45) is 2.16. The van der Waals surface area contributed by atoms with Gasteiger partial charge in [-0.25, -0.2) is 0 Å². The van der Waals surface area contributed by atoms with Gasteiger partial charge in [0.15, 0.2) is 0 Å². The fourth-order valence-corrected chi connectivity index (χ4v) is 3.64. The third kappa shape index (κ3) is 3.60. The molecule has 4 nitrogen and oxygen atoms in total. The highest BCUT2D eigenvalue weighted by Crippen LogP contribution is 2.28. The van der Waals surface area contributed by atoms with Gasteiger partial charge in [0.05, 0.1) is 4.88 Å². The van der Waals surface area contributed by atoms with E-state index in [9.17, 15) is 9.59 Å². The van der Waals surface area contributed by atoms with E-state index in [0.717, 1.165) is 29.1 Å². The third-order valence-corrected chi connectivity index (χ3v) is 4.99. The minimum Gasteiger partial charge on any atom is -0.481 e. The van der Waals surface area contributed by atoms with Crippen LogP contribution in [0, 0.1) is 18.8 Å². The highest BCUT2D eigenvalue weighted by molar-refractivity contribution is 7.13. The first-order valence-electron chi connectivity index (χ1n) is 7.05. The molecule has 1 aromatic heterocycles. The molecule has 20 heavy (non-hydrogen) atoms. The smallest absolute Gasteiger partial charge is 0.303 e. The zero-order valence-electron chi connectivity index (χ0n) is 12.0. The Morgan fingerprint density at radius 1 is 1.50 bits per heavy atom. The highest BCUT2D eigenvalue weighted by Gasteiger charge is 2.29. The largest absolute Gasteiger partial charge is 0.481 e. The van der Waals surface area contributed by atoms with Crippen LogP contribution in [-0.4, -0.2) is 35.0 Å². The van der Waals surface area contributed by atoms with Crippen LogP contribution in [0.2, 0.25) is 0 Å². The maximum atomic E-state index is 12.4. The summed E-state index contributed by atoms with van der Waals surface area (Å²) in [6.45, 7) is 5.44. The van der Waals surface area contributed by atoms with Crippen LogP contribution in [0.1, 0.15) is 40.7 Å². The molecule has 0 radical (unpaired) electrons. The summed E-state index contributed by atoms with van der Waals surface area (Å²) in [6, 6.07) is 3.85. The van der Waals surface area contributed by atoms with Gasteiger partial charge in [-0.1, -0.05) is 6.92 Å². The van der Waals surface area contributed by atoms with Gasteiger partial charge in [0.2, 0.25) is 0 Å². The minimum absolute atomic E-state index is 0.0929. The molecule has 2 heterocycles. The number of nitrogens with zero attached hydrogens (tertiary/aromatic N) is 1. The van der Waals surface area contributed by atoms with E-state index in [1.54, 1.807) is 0 Å². The monoisotopic (exact) mass is 295 g/mol. The lowest BCUT2D eigenvalue weighted by Gasteiger charge is -2.35. The Hall–Kier alpha value is -1.36. The van der Waals surface area contributed by atoms with E-state index in [1.807, 2.05) is 30.9 Å². The molecule has 1 amide bonds. The SMILES string of the molecule is Cc1ccc(C(=O)N2CCCC(C(C)CC(=O)O)C2)s1. The highest BCUT2D eigenvalue weighted by atomic mass is 32.1. The van der Waals surface area contributed by atoms with Crippen molar-refractivity contribution in [3.8, 4) is 0 Å². The van der Waals surface area contributed by atoms with Crippen LogP contribution in [-0.2, 0) is 4.79 Å². The fourth-order valence-electron chi connectivity index (χ4n) is 2.81. The van der Waals surface area contributed by atoms with Crippen LogP contribution in [0.15, 0.2) is 12.1 Å². The van der Waals surface area contributed by atoms with E-state index in [2.05, 4.69) is 0 Å². The molecule has 0 bridgehead atoms. The molecule has 1 aromatic rings. The van der Waals surface area contributed by atoms with Crippen LogP contribution in [0.25, 0.3) is 0 Å². The second-order valence-electron chi connectivity index (χ2n) is 5.64. The van der Waals surface area contributed by atoms with Crippen LogP contribution in [0.5, 0.6) is 0 Å². The van der Waals surface area contributed by atoms with Crippen molar-refractivity contribution < 1.29 is 14.7 Å². The maximum absolute atomic E-state index is 12.4. The first-order chi connectivity index (χ1) is 9.47. The molecule has 2 rings (SSSR count). The normalized spacial score (nSPS) is 20.7. The van der Waals surface area contributed by atoms with Gasteiger partial charge < -0.3 is 10.0 Å². The van der Waals surface area contributed by atoms with Gasteiger partial charge in [-0.05, 0) is 43.7 Å². The van der Waals surface area contributed by atoms with Gasteiger partial charge in [0, 0.05) is 24.4 Å². The number of hydrogen-bond acceptors (Lipinski definition) is 3. The lowest BCUT2D eigenvalue weighted by atomic mass is 9.84. The second-order valence-corrected chi connectivity index (χ2v) is 6.93.